The van der Waals surface area contributed by atoms with Crippen molar-refractivity contribution in [2.75, 3.05) is 12.4 Å². The number of halogens is 1. The number of ether oxygens (including phenoxy) is 1. The Morgan fingerprint density at radius 3 is 2.93 bits per heavy atom. The zero-order valence-electron chi connectivity index (χ0n) is 7.37. The van der Waals surface area contributed by atoms with Gasteiger partial charge < -0.3 is 4.74 Å². The van der Waals surface area contributed by atoms with Crippen molar-refractivity contribution in [1.29, 1.82) is 5.26 Å². The molecule has 0 unspecified atom stereocenters. The molecule has 0 spiro atoms. The molecule has 1 aromatic carbocycles. The number of carbonyl (C=O) groups is 1. The summed E-state index contributed by atoms with van der Waals surface area (Å²) in [6.07, 6.45) is -0.701. The summed E-state index contributed by atoms with van der Waals surface area (Å²) >= 11 is 0. The summed E-state index contributed by atoms with van der Waals surface area (Å²) in [5.41, 5.74) is 0.274. The summed E-state index contributed by atoms with van der Waals surface area (Å²) in [5, 5.41) is 10.9. The number of benzene rings is 1. The molecular weight excluding hydrogens is 187 g/mol. The number of nitrogens with one attached hydrogen (secondary N) is 1. The maximum Gasteiger partial charge on any atom is 0.411 e. The van der Waals surface area contributed by atoms with Crippen molar-refractivity contribution in [2.45, 2.75) is 0 Å². The van der Waals surface area contributed by atoms with Crippen LogP contribution in [0.25, 0.3) is 0 Å². The van der Waals surface area contributed by atoms with Crippen LogP contribution >= 0.6 is 0 Å². The molecule has 0 fully saturated rings. The molecule has 72 valence electrons. The van der Waals surface area contributed by atoms with Crippen LogP contribution in [-0.2, 0) is 4.74 Å². The van der Waals surface area contributed by atoms with Gasteiger partial charge in [-0.15, -0.1) is 0 Å². The van der Waals surface area contributed by atoms with Crippen LogP contribution < -0.4 is 5.32 Å². The summed E-state index contributed by atoms with van der Waals surface area (Å²) in [5.74, 6) is -0.531. The van der Waals surface area contributed by atoms with E-state index in [2.05, 4.69) is 10.1 Å². The first-order valence-corrected chi connectivity index (χ1v) is 3.72. The van der Waals surface area contributed by atoms with Crippen LogP contribution in [0.15, 0.2) is 18.2 Å². The lowest BCUT2D eigenvalue weighted by Crippen LogP contribution is -2.12. The minimum Gasteiger partial charge on any atom is -0.453 e. The highest BCUT2D eigenvalue weighted by atomic mass is 19.1. The second-order valence-electron chi connectivity index (χ2n) is 2.42. The van der Waals surface area contributed by atoms with Crippen LogP contribution in [0.5, 0.6) is 0 Å². The molecule has 0 atom stereocenters. The van der Waals surface area contributed by atoms with Gasteiger partial charge in [0.1, 0.15) is 11.9 Å². The molecule has 0 saturated heterocycles. The van der Waals surface area contributed by atoms with Gasteiger partial charge in [-0.25, -0.2) is 9.18 Å². The number of anilines is 1. The molecular formula is C9H7FN2O2. The molecule has 0 aliphatic rings. The van der Waals surface area contributed by atoms with E-state index < -0.39 is 11.9 Å². The number of nitriles is 1. The Bertz CT molecular complexity index is 398. The number of nitrogens with zero attached hydrogens (tertiary/aromatic N) is 1. The minimum absolute atomic E-state index is 0.0513. The van der Waals surface area contributed by atoms with Gasteiger partial charge in [0.25, 0.3) is 0 Å². The van der Waals surface area contributed by atoms with Crippen molar-refractivity contribution in [3.8, 4) is 6.07 Å². The van der Waals surface area contributed by atoms with Crippen molar-refractivity contribution in [1.82, 2.24) is 0 Å². The number of methoxy groups -OCH3 is 1. The number of hydrogen-bond acceptors (Lipinski definition) is 3. The third-order valence-corrected chi connectivity index (χ3v) is 1.52. The van der Waals surface area contributed by atoms with Gasteiger partial charge in [-0.2, -0.15) is 5.26 Å². The molecule has 1 amide bonds. The maximum absolute atomic E-state index is 12.7. The number of amides is 1. The summed E-state index contributed by atoms with van der Waals surface area (Å²) in [6, 6.07) is 5.23. The summed E-state index contributed by atoms with van der Waals surface area (Å²) in [4.78, 5) is 10.8. The topological polar surface area (TPSA) is 62.1 Å². The second kappa shape index (κ2) is 4.23. The van der Waals surface area contributed by atoms with Crippen LogP contribution in [0.3, 0.4) is 0 Å². The Kier molecular flexibility index (Phi) is 3.02. The van der Waals surface area contributed by atoms with Crippen LogP contribution in [0, 0.1) is 17.1 Å². The predicted octanol–water partition coefficient (Wildman–Crippen LogP) is 1.88. The number of rotatable bonds is 1. The average Bonchev–Trinajstić information content (AvgIpc) is 2.20. The molecule has 14 heavy (non-hydrogen) atoms. The van der Waals surface area contributed by atoms with Crippen LogP contribution in [0.4, 0.5) is 14.9 Å². The monoisotopic (exact) mass is 194 g/mol. The van der Waals surface area contributed by atoms with Crippen LogP contribution in [-0.4, -0.2) is 13.2 Å². The van der Waals surface area contributed by atoms with Gasteiger partial charge in [0.15, 0.2) is 0 Å². The van der Waals surface area contributed by atoms with Crippen molar-refractivity contribution in [2.24, 2.45) is 0 Å². The third kappa shape index (κ3) is 2.20. The Hall–Kier alpha value is -2.09. The molecule has 0 bridgehead atoms. The molecule has 0 radical (unpaired) electrons. The van der Waals surface area contributed by atoms with E-state index >= 15 is 0 Å². The number of carbonyl (C=O) groups excluding carboxylic acids is 1. The molecule has 0 aliphatic heterocycles. The van der Waals surface area contributed by atoms with Crippen LogP contribution in [0.2, 0.25) is 0 Å². The van der Waals surface area contributed by atoms with Crippen molar-refractivity contribution >= 4 is 11.8 Å². The van der Waals surface area contributed by atoms with E-state index in [1.54, 1.807) is 6.07 Å². The largest absolute Gasteiger partial charge is 0.453 e. The van der Waals surface area contributed by atoms with Crippen LogP contribution in [0.1, 0.15) is 5.56 Å². The van der Waals surface area contributed by atoms with E-state index in [4.69, 9.17) is 5.26 Å². The van der Waals surface area contributed by atoms with E-state index in [-0.39, 0.29) is 11.3 Å². The highest BCUT2D eigenvalue weighted by Crippen LogP contribution is 2.15. The molecule has 1 N–H and O–H groups in total. The van der Waals surface area contributed by atoms with Gasteiger partial charge in [0, 0.05) is 0 Å². The zero-order chi connectivity index (χ0) is 10.6. The van der Waals surface area contributed by atoms with Gasteiger partial charge in [-0.05, 0) is 18.2 Å². The molecule has 0 aromatic heterocycles. The normalized spacial score (nSPS) is 8.93. The average molecular weight is 194 g/mol. The van der Waals surface area contributed by atoms with Crippen molar-refractivity contribution in [3.63, 3.8) is 0 Å². The summed E-state index contributed by atoms with van der Waals surface area (Å²) in [6.45, 7) is 0. The highest BCUT2D eigenvalue weighted by Gasteiger charge is 2.06. The smallest absolute Gasteiger partial charge is 0.411 e. The molecule has 5 heteroatoms. The minimum atomic E-state index is -0.701. The molecule has 1 rings (SSSR count). The Morgan fingerprint density at radius 2 is 2.36 bits per heavy atom. The first-order valence-electron chi connectivity index (χ1n) is 3.72. The first-order chi connectivity index (χ1) is 6.67. The van der Waals surface area contributed by atoms with Gasteiger partial charge in [0.2, 0.25) is 0 Å². The van der Waals surface area contributed by atoms with E-state index in [1.807, 2.05) is 0 Å². The van der Waals surface area contributed by atoms with E-state index in [1.165, 1.54) is 13.2 Å². The van der Waals surface area contributed by atoms with E-state index in [0.717, 1.165) is 12.1 Å². The summed E-state index contributed by atoms with van der Waals surface area (Å²) in [7, 11) is 1.20. The predicted molar refractivity (Wildman–Crippen MR) is 47.1 cm³/mol. The fourth-order valence-corrected chi connectivity index (χ4v) is 0.879. The van der Waals surface area contributed by atoms with Crippen molar-refractivity contribution in [3.05, 3.63) is 29.6 Å². The van der Waals surface area contributed by atoms with Gasteiger partial charge >= 0.3 is 6.09 Å². The van der Waals surface area contributed by atoms with Crippen molar-refractivity contribution < 1.29 is 13.9 Å². The van der Waals surface area contributed by atoms with E-state index in [0.29, 0.717) is 0 Å². The SMILES string of the molecule is COC(=O)Nc1ccc(F)cc1C#N. The van der Waals surface area contributed by atoms with Gasteiger partial charge in [0.05, 0.1) is 18.4 Å². The quantitative estimate of drug-likeness (QED) is 0.742. The first kappa shape index (κ1) is 9.99. The van der Waals surface area contributed by atoms with Gasteiger partial charge in [-0.3, -0.25) is 5.32 Å². The lowest BCUT2D eigenvalue weighted by molar-refractivity contribution is 0.187. The molecule has 0 heterocycles. The van der Waals surface area contributed by atoms with E-state index in [9.17, 15) is 9.18 Å². The molecule has 0 aliphatic carbocycles. The highest BCUT2D eigenvalue weighted by molar-refractivity contribution is 5.86. The molecule has 1 aromatic rings. The standard InChI is InChI=1S/C9H7FN2O2/c1-14-9(13)12-8-3-2-7(10)4-6(8)5-11/h2-4H,1H3,(H,12,13). The lowest BCUT2D eigenvalue weighted by atomic mass is 10.2. The molecule has 4 nitrogen and oxygen atoms in total. The second-order valence-corrected chi connectivity index (χ2v) is 2.42. The fourth-order valence-electron chi connectivity index (χ4n) is 0.879. The maximum atomic E-state index is 12.7. The Balaban J connectivity index is 2.98. The Labute approximate surface area is 79.9 Å². The van der Waals surface area contributed by atoms with Gasteiger partial charge in [-0.1, -0.05) is 0 Å². The molecule has 0 saturated carbocycles. The Morgan fingerprint density at radius 1 is 1.64 bits per heavy atom. The summed E-state index contributed by atoms with van der Waals surface area (Å²) < 4.78 is 17.0. The third-order valence-electron chi connectivity index (χ3n) is 1.52. The zero-order valence-corrected chi connectivity index (χ0v) is 7.37. The lowest BCUT2D eigenvalue weighted by Gasteiger charge is -2.04. The fraction of sp³-hybridized carbons (Fsp3) is 0.111. The number of hydrogen-bond donors (Lipinski definition) is 1.